The standard InChI is InChI=1S/C50H57Cl2NO4Si/c1-7-30-50(31-32-56-35-37-22-28-43(55-6)29-23-37)34-46(39-16-15-17-41(52)33-39)47(38-24-26-40(51)27-25-38)53(48(50)54)42(8-2)36-57-58(49(3,4)5,44-18-11-9-12-19-44)45-20-13-10-14-21-45/h7,9-29,33,42,46-47H,1,8,30-32,34-36H2,2-6H3/t42-,46+,47+,50+/m0/s1. The van der Waals surface area contributed by atoms with Gasteiger partial charge in [-0.3, -0.25) is 4.79 Å². The van der Waals surface area contributed by atoms with E-state index in [0.717, 1.165) is 22.4 Å². The fourth-order valence-corrected chi connectivity index (χ4v) is 13.9. The average molecular weight is 835 g/mol. The van der Waals surface area contributed by atoms with Gasteiger partial charge in [0.05, 0.1) is 37.8 Å². The number of allylic oxidation sites excluding steroid dienone is 1. The van der Waals surface area contributed by atoms with Gasteiger partial charge in [-0.15, -0.1) is 6.58 Å². The Kier molecular flexibility index (Phi) is 14.4. The van der Waals surface area contributed by atoms with Crippen LogP contribution >= 0.6 is 23.2 Å². The minimum atomic E-state index is -2.94. The summed E-state index contributed by atoms with van der Waals surface area (Å²) >= 11 is 13.3. The number of carbonyl (C=O) groups is 1. The summed E-state index contributed by atoms with van der Waals surface area (Å²) in [6, 6.07) is 44.8. The van der Waals surface area contributed by atoms with E-state index in [-0.39, 0.29) is 28.9 Å². The van der Waals surface area contributed by atoms with E-state index in [1.807, 2.05) is 54.6 Å². The van der Waals surface area contributed by atoms with E-state index in [1.54, 1.807) is 7.11 Å². The molecule has 0 radical (unpaired) electrons. The maximum Gasteiger partial charge on any atom is 0.261 e. The van der Waals surface area contributed by atoms with Crippen molar-refractivity contribution in [3.05, 3.63) is 173 Å². The molecular weight excluding hydrogens is 778 g/mol. The van der Waals surface area contributed by atoms with E-state index in [4.69, 9.17) is 37.1 Å². The summed E-state index contributed by atoms with van der Waals surface area (Å²) in [6.07, 6.45) is 4.22. The normalized spacial score (nSPS) is 19.2. The Morgan fingerprint density at radius 1 is 0.845 bits per heavy atom. The van der Waals surface area contributed by atoms with Gasteiger partial charge in [0.15, 0.2) is 0 Å². The molecule has 0 bridgehead atoms. The highest BCUT2D eigenvalue weighted by molar-refractivity contribution is 6.99. The molecule has 1 heterocycles. The molecule has 58 heavy (non-hydrogen) atoms. The molecule has 0 aromatic heterocycles. The molecule has 1 aliphatic heterocycles. The molecule has 0 saturated carbocycles. The molecule has 5 aromatic rings. The van der Waals surface area contributed by atoms with Crippen molar-refractivity contribution in [2.24, 2.45) is 5.41 Å². The van der Waals surface area contributed by atoms with Crippen molar-refractivity contribution < 1.29 is 18.7 Å². The Morgan fingerprint density at radius 3 is 2.03 bits per heavy atom. The number of carbonyl (C=O) groups excluding carboxylic acids is 1. The SMILES string of the molecule is C=CC[C@@]1(CCOCc2ccc(OC)cc2)C[C@H](c2cccc(Cl)c2)[C@@H](c2ccc(Cl)cc2)N([C@@H](CC)CO[Si](c2ccccc2)(c2ccccc2)C(C)(C)C)C1=O. The van der Waals surface area contributed by atoms with Gasteiger partial charge in [-0.25, -0.2) is 0 Å². The number of ether oxygens (including phenoxy) is 2. The van der Waals surface area contributed by atoms with Gasteiger partial charge >= 0.3 is 0 Å². The largest absolute Gasteiger partial charge is 0.497 e. The molecule has 1 aliphatic rings. The predicted octanol–water partition coefficient (Wildman–Crippen LogP) is 11.6. The van der Waals surface area contributed by atoms with Gasteiger partial charge in [0, 0.05) is 22.6 Å². The van der Waals surface area contributed by atoms with E-state index in [1.165, 1.54) is 10.4 Å². The maximum atomic E-state index is 15.8. The molecule has 6 rings (SSSR count). The second kappa shape index (κ2) is 19.3. The predicted molar refractivity (Wildman–Crippen MR) is 242 cm³/mol. The van der Waals surface area contributed by atoms with Crippen LogP contribution < -0.4 is 15.1 Å². The zero-order valence-corrected chi connectivity index (χ0v) is 37.0. The second-order valence-corrected chi connectivity index (χ2v) is 21.7. The van der Waals surface area contributed by atoms with Gasteiger partial charge in [0.2, 0.25) is 5.91 Å². The minimum Gasteiger partial charge on any atom is -0.497 e. The summed E-state index contributed by atoms with van der Waals surface area (Å²) < 4.78 is 19.3. The van der Waals surface area contributed by atoms with Crippen molar-refractivity contribution in [1.29, 1.82) is 0 Å². The van der Waals surface area contributed by atoms with Crippen LogP contribution in [0.1, 0.15) is 82.0 Å². The third-order valence-electron chi connectivity index (χ3n) is 11.9. The summed E-state index contributed by atoms with van der Waals surface area (Å²) in [4.78, 5) is 18.0. The molecule has 0 unspecified atom stereocenters. The molecule has 1 saturated heterocycles. The highest BCUT2D eigenvalue weighted by atomic mass is 35.5. The number of hydrogen-bond donors (Lipinski definition) is 0. The smallest absolute Gasteiger partial charge is 0.261 e. The molecule has 0 aliphatic carbocycles. The van der Waals surface area contributed by atoms with Crippen LogP contribution in [0, 0.1) is 5.41 Å². The third kappa shape index (κ3) is 9.32. The lowest BCUT2D eigenvalue weighted by Crippen LogP contribution is -2.68. The van der Waals surface area contributed by atoms with Gasteiger partial charge in [-0.1, -0.05) is 154 Å². The Balaban J connectivity index is 1.45. The van der Waals surface area contributed by atoms with Gasteiger partial charge in [0.25, 0.3) is 8.32 Å². The summed E-state index contributed by atoms with van der Waals surface area (Å²) in [5, 5.41) is 3.49. The first-order chi connectivity index (χ1) is 28.0. The minimum absolute atomic E-state index is 0.0940. The van der Waals surface area contributed by atoms with Gasteiger partial charge in [0.1, 0.15) is 5.75 Å². The van der Waals surface area contributed by atoms with Crippen molar-refractivity contribution in [3.63, 3.8) is 0 Å². The number of rotatable bonds is 17. The van der Waals surface area contributed by atoms with Crippen LogP contribution in [0.3, 0.4) is 0 Å². The fourth-order valence-electron chi connectivity index (χ4n) is 9.01. The number of amides is 1. The van der Waals surface area contributed by atoms with Crippen LogP contribution in [-0.4, -0.2) is 45.5 Å². The molecule has 0 N–H and O–H groups in total. The maximum absolute atomic E-state index is 15.8. The second-order valence-electron chi connectivity index (χ2n) is 16.5. The van der Waals surface area contributed by atoms with Crippen LogP contribution in [-0.2, 0) is 20.6 Å². The molecule has 4 atom stereocenters. The van der Waals surface area contributed by atoms with Crippen LogP contribution in [0.15, 0.2) is 146 Å². The summed E-state index contributed by atoms with van der Waals surface area (Å²) in [6.45, 7) is 14.4. The highest BCUT2D eigenvalue weighted by Crippen LogP contribution is 2.54. The van der Waals surface area contributed by atoms with Crippen molar-refractivity contribution in [2.75, 3.05) is 20.3 Å². The van der Waals surface area contributed by atoms with Crippen molar-refractivity contribution >= 4 is 47.8 Å². The lowest BCUT2D eigenvalue weighted by Gasteiger charge is -2.53. The zero-order valence-electron chi connectivity index (χ0n) is 34.5. The Morgan fingerprint density at radius 2 is 1.48 bits per heavy atom. The van der Waals surface area contributed by atoms with Gasteiger partial charge in [-0.2, -0.15) is 0 Å². The average Bonchev–Trinajstić information content (AvgIpc) is 3.23. The first-order valence-corrected chi connectivity index (χ1v) is 23.0. The zero-order chi connectivity index (χ0) is 41.3. The number of hydrogen-bond acceptors (Lipinski definition) is 4. The quantitative estimate of drug-likeness (QED) is 0.0532. The molecule has 1 fully saturated rings. The highest BCUT2D eigenvalue weighted by Gasteiger charge is 2.55. The summed E-state index contributed by atoms with van der Waals surface area (Å²) in [5.74, 6) is 0.797. The Labute approximate surface area is 357 Å². The third-order valence-corrected chi connectivity index (χ3v) is 17.4. The topological polar surface area (TPSA) is 48.0 Å². The fraction of sp³-hybridized carbons (Fsp3) is 0.340. The van der Waals surface area contributed by atoms with Gasteiger partial charge in [-0.05, 0) is 94.2 Å². The number of piperidine rings is 1. The number of benzene rings is 5. The molecule has 5 aromatic carbocycles. The molecule has 1 amide bonds. The van der Waals surface area contributed by atoms with Crippen molar-refractivity contribution in [3.8, 4) is 5.75 Å². The molecular formula is C50H57Cl2NO4Si. The van der Waals surface area contributed by atoms with Crippen molar-refractivity contribution in [1.82, 2.24) is 4.90 Å². The Hall–Kier alpha value is -4.17. The monoisotopic (exact) mass is 833 g/mol. The molecule has 304 valence electrons. The lowest BCUT2D eigenvalue weighted by molar-refractivity contribution is -0.158. The van der Waals surface area contributed by atoms with Crippen LogP contribution in [0.5, 0.6) is 5.75 Å². The van der Waals surface area contributed by atoms with E-state index in [0.29, 0.717) is 55.5 Å². The van der Waals surface area contributed by atoms with Gasteiger partial charge < -0.3 is 18.8 Å². The number of nitrogens with zero attached hydrogens (tertiary/aromatic N) is 1. The van der Waals surface area contributed by atoms with E-state index < -0.39 is 13.7 Å². The van der Waals surface area contributed by atoms with Crippen LogP contribution in [0.25, 0.3) is 0 Å². The molecule has 5 nitrogen and oxygen atoms in total. The lowest BCUT2D eigenvalue weighted by atomic mass is 9.64. The van der Waals surface area contributed by atoms with E-state index in [9.17, 15) is 0 Å². The number of likely N-dealkylation sites (tertiary alicyclic amines) is 1. The summed E-state index contributed by atoms with van der Waals surface area (Å²) in [5.41, 5.74) is 2.36. The van der Waals surface area contributed by atoms with E-state index >= 15 is 4.79 Å². The first-order valence-electron chi connectivity index (χ1n) is 20.4. The number of halogens is 2. The molecule has 8 heteroatoms. The van der Waals surface area contributed by atoms with Crippen LogP contribution in [0.4, 0.5) is 0 Å². The number of methoxy groups -OCH3 is 1. The summed E-state index contributed by atoms with van der Waals surface area (Å²) in [7, 11) is -1.28. The molecule has 0 spiro atoms. The van der Waals surface area contributed by atoms with E-state index in [2.05, 4.69) is 124 Å². The van der Waals surface area contributed by atoms with Crippen molar-refractivity contribution in [2.45, 2.75) is 83.0 Å². The first kappa shape index (κ1) is 43.4. The Bertz CT molecular complexity index is 2050. The van der Waals surface area contributed by atoms with Crippen LogP contribution in [0.2, 0.25) is 15.1 Å².